The molecule has 0 aromatic rings. The summed E-state index contributed by atoms with van der Waals surface area (Å²) in [7, 11) is 0. The molecular weight excluding hydrogens is 400 g/mol. The predicted molar refractivity (Wildman–Crippen MR) is 108 cm³/mol. The van der Waals surface area contributed by atoms with Crippen LogP contribution in [0.3, 0.4) is 0 Å². The summed E-state index contributed by atoms with van der Waals surface area (Å²) < 4.78 is 9.32. The fraction of sp³-hybridized carbons (Fsp3) is 0.900. The van der Waals surface area contributed by atoms with E-state index in [4.69, 9.17) is 9.78 Å². The Balaban J connectivity index is 0. The van der Waals surface area contributed by atoms with Crippen molar-refractivity contribution in [1.29, 1.82) is 0 Å². The summed E-state index contributed by atoms with van der Waals surface area (Å²) in [6.07, 6.45) is -0.562. The Labute approximate surface area is 180 Å². The Morgan fingerprint density at radius 3 is 1.47 bits per heavy atom. The van der Waals surface area contributed by atoms with Gasteiger partial charge in [-0.1, -0.05) is 27.2 Å². The maximum absolute atomic E-state index is 10.9. The molecule has 0 saturated heterocycles. The molecule has 0 heterocycles. The van der Waals surface area contributed by atoms with Gasteiger partial charge in [0, 0.05) is 0 Å². The third-order valence-electron chi connectivity index (χ3n) is 3.62. The molecule has 0 aromatic heterocycles. The monoisotopic (exact) mass is 440 g/mol. The van der Waals surface area contributed by atoms with E-state index >= 15 is 0 Å². The van der Waals surface area contributed by atoms with E-state index in [2.05, 4.69) is 29.3 Å². The van der Waals surface area contributed by atoms with E-state index in [1.165, 1.54) is 0 Å². The highest BCUT2D eigenvalue weighted by Gasteiger charge is 2.26. The molecule has 0 bridgehead atoms. The Hall–Kier alpha value is -1.62. The first-order valence-corrected chi connectivity index (χ1v) is 10.1. The molecule has 0 spiro atoms. The number of rotatable bonds is 11. The Bertz CT molecular complexity index is 472. The molecule has 0 unspecified atom stereocenters. The van der Waals surface area contributed by atoms with E-state index in [0.29, 0.717) is 0 Å². The zero-order chi connectivity index (χ0) is 24.0. The average molecular weight is 441 g/mol. The topological polar surface area (TPSA) is 108 Å². The van der Waals surface area contributed by atoms with Crippen molar-refractivity contribution in [2.24, 2.45) is 5.92 Å². The smallest absolute Gasteiger partial charge is 0.430 e. The van der Waals surface area contributed by atoms with Crippen molar-refractivity contribution in [3.05, 3.63) is 0 Å². The summed E-state index contributed by atoms with van der Waals surface area (Å²) in [5, 5.41) is 8.69. The average Bonchev–Trinajstić information content (AvgIpc) is 2.53. The van der Waals surface area contributed by atoms with Crippen LogP contribution in [0.15, 0.2) is 0 Å². The second kappa shape index (κ2) is 15.2. The molecule has 0 atom stereocenters. The van der Waals surface area contributed by atoms with Crippen molar-refractivity contribution in [2.75, 3.05) is 0 Å². The van der Waals surface area contributed by atoms with Crippen molar-refractivity contribution in [3.8, 4) is 0 Å². The molecule has 30 heavy (non-hydrogen) atoms. The Kier molecular flexibility index (Phi) is 15.5. The molecule has 0 aliphatic carbocycles. The van der Waals surface area contributed by atoms with Crippen LogP contribution in [0.2, 0.25) is 0 Å². The number of hydrogen-bond donors (Lipinski definition) is 0. The summed E-state index contributed by atoms with van der Waals surface area (Å²) in [6, 6.07) is 0. The third kappa shape index (κ3) is 18.4. The fourth-order valence-electron chi connectivity index (χ4n) is 1.43. The number of hydrogen-bond acceptors (Lipinski definition) is 10. The molecule has 0 fully saturated rings. The second-order valence-electron chi connectivity index (χ2n) is 8.57. The van der Waals surface area contributed by atoms with Gasteiger partial charge in [-0.15, -0.1) is 0 Å². The van der Waals surface area contributed by atoms with Gasteiger partial charge in [-0.05, 0) is 77.8 Å². The Morgan fingerprint density at radius 2 is 1.13 bits per heavy atom. The summed E-state index contributed by atoms with van der Waals surface area (Å²) in [5.74, 6) is 0.224. The maximum Gasteiger partial charge on any atom is 0.542 e. The van der Waals surface area contributed by atoms with Gasteiger partial charge in [-0.2, -0.15) is 9.78 Å². The van der Waals surface area contributed by atoms with E-state index in [0.717, 1.165) is 12.8 Å². The van der Waals surface area contributed by atoms with Crippen LogP contribution in [0.1, 0.15) is 89.0 Å². The van der Waals surface area contributed by atoms with Crippen LogP contribution >= 0.6 is 0 Å². The fourth-order valence-corrected chi connectivity index (χ4v) is 1.43. The number of carbonyl (C=O) groups is 2. The van der Waals surface area contributed by atoms with Crippen LogP contribution in [0.5, 0.6) is 0 Å². The van der Waals surface area contributed by atoms with Crippen molar-refractivity contribution in [2.45, 2.75) is 112 Å². The van der Waals surface area contributed by atoms with Crippen LogP contribution in [0.4, 0.5) is 9.59 Å². The molecule has 10 nitrogen and oxygen atoms in total. The molecule has 0 aliphatic heterocycles. The third-order valence-corrected chi connectivity index (χ3v) is 3.62. The number of ether oxygens (including phenoxy) is 2. The van der Waals surface area contributed by atoms with Crippen LogP contribution in [-0.2, 0) is 39.1 Å². The van der Waals surface area contributed by atoms with E-state index < -0.39 is 23.5 Å². The summed E-state index contributed by atoms with van der Waals surface area (Å²) in [5.41, 5.74) is -1.01. The summed E-state index contributed by atoms with van der Waals surface area (Å²) >= 11 is 0. The van der Waals surface area contributed by atoms with Crippen LogP contribution < -0.4 is 0 Å². The second-order valence-corrected chi connectivity index (χ2v) is 8.57. The molecular formula is C20H40O10. The summed E-state index contributed by atoms with van der Waals surface area (Å²) in [6.45, 7) is 20.1. The van der Waals surface area contributed by atoms with Gasteiger partial charge in [-0.25, -0.2) is 19.4 Å². The highest BCUT2D eigenvalue weighted by molar-refractivity contribution is 5.59. The van der Waals surface area contributed by atoms with Gasteiger partial charge in [0.15, 0.2) is 0 Å². The van der Waals surface area contributed by atoms with Gasteiger partial charge in [0.25, 0.3) is 0 Å². The Morgan fingerprint density at radius 1 is 0.733 bits per heavy atom. The largest absolute Gasteiger partial charge is 0.542 e. The summed E-state index contributed by atoms with van der Waals surface area (Å²) in [4.78, 5) is 40.0. The van der Waals surface area contributed by atoms with Crippen LogP contribution in [0.25, 0.3) is 0 Å². The molecule has 0 N–H and O–H groups in total. The van der Waals surface area contributed by atoms with Crippen LogP contribution in [-0.4, -0.2) is 35.7 Å². The minimum Gasteiger partial charge on any atom is -0.430 e. The van der Waals surface area contributed by atoms with Gasteiger partial charge < -0.3 is 9.47 Å². The quantitative estimate of drug-likeness (QED) is 0.221. The van der Waals surface area contributed by atoms with Gasteiger partial charge in [0.1, 0.15) is 11.2 Å². The van der Waals surface area contributed by atoms with Crippen molar-refractivity contribution >= 4 is 12.3 Å². The minimum atomic E-state index is -0.912. The molecule has 0 radical (unpaired) electrons. The maximum atomic E-state index is 10.9. The van der Waals surface area contributed by atoms with Crippen molar-refractivity contribution < 1.29 is 48.7 Å². The molecule has 10 heteroatoms. The van der Waals surface area contributed by atoms with Gasteiger partial charge >= 0.3 is 12.3 Å². The first kappa shape index (κ1) is 30.6. The van der Waals surface area contributed by atoms with E-state index in [1.807, 2.05) is 48.5 Å². The molecule has 180 valence electrons. The SMILES string of the molecule is CC(C)OC(=O)OOOC(C)(C)C(C)C.CCCC(C)(C)OOOC(=O)OC(C)C. The number of carbonyl (C=O) groups excluding carboxylic acids is 2. The molecule has 0 aliphatic rings. The van der Waals surface area contributed by atoms with Gasteiger partial charge in [0.05, 0.1) is 12.2 Å². The molecule has 0 rings (SSSR count). The molecule has 0 aromatic carbocycles. The molecule has 0 saturated carbocycles. The standard InChI is InChI=1S/2C10H20O5/c1-7(2)10(5,6)14-15-13-9(11)12-8(3)4;1-6-7-10(4,5)14-15-13-9(11)12-8(2)3/h7-8H,1-6H3;8H,6-7H2,1-5H3. The predicted octanol–water partition coefficient (Wildman–Crippen LogP) is 5.84. The lowest BCUT2D eigenvalue weighted by Crippen LogP contribution is -2.31. The van der Waals surface area contributed by atoms with Crippen LogP contribution in [0, 0.1) is 5.92 Å². The minimum absolute atomic E-state index is 0.224. The molecule has 0 amide bonds. The van der Waals surface area contributed by atoms with Crippen molar-refractivity contribution in [3.63, 3.8) is 0 Å². The zero-order valence-corrected chi connectivity index (χ0v) is 20.2. The van der Waals surface area contributed by atoms with Crippen molar-refractivity contribution in [1.82, 2.24) is 0 Å². The van der Waals surface area contributed by atoms with Gasteiger partial charge in [0.2, 0.25) is 0 Å². The normalized spacial score (nSPS) is 11.8. The van der Waals surface area contributed by atoms with Gasteiger partial charge in [-0.3, -0.25) is 0 Å². The highest BCUT2D eigenvalue weighted by atomic mass is 17.5. The van der Waals surface area contributed by atoms with E-state index in [-0.39, 0.29) is 18.1 Å². The highest BCUT2D eigenvalue weighted by Crippen LogP contribution is 2.20. The first-order chi connectivity index (χ1) is 13.6. The zero-order valence-electron chi connectivity index (χ0n) is 20.2. The lowest BCUT2D eigenvalue weighted by molar-refractivity contribution is -0.521. The van der Waals surface area contributed by atoms with E-state index in [1.54, 1.807) is 27.7 Å². The lowest BCUT2D eigenvalue weighted by Gasteiger charge is -2.25. The van der Waals surface area contributed by atoms with E-state index in [9.17, 15) is 9.59 Å². The lowest BCUT2D eigenvalue weighted by atomic mass is 9.95. The first-order valence-electron chi connectivity index (χ1n) is 10.1.